The van der Waals surface area contributed by atoms with E-state index in [2.05, 4.69) is 10.3 Å². The molecule has 0 saturated carbocycles. The molecule has 0 spiro atoms. The molecule has 0 fully saturated rings. The quantitative estimate of drug-likeness (QED) is 0.737. The van der Waals surface area contributed by atoms with Gasteiger partial charge in [0.15, 0.2) is 0 Å². The predicted molar refractivity (Wildman–Crippen MR) is 103 cm³/mol. The normalized spacial score (nSPS) is 15.6. The van der Waals surface area contributed by atoms with E-state index in [1.165, 1.54) is 25.6 Å². The van der Waals surface area contributed by atoms with Crippen LogP contribution in [-0.4, -0.2) is 48.3 Å². The van der Waals surface area contributed by atoms with Gasteiger partial charge >= 0.3 is 6.18 Å². The zero-order chi connectivity index (χ0) is 21.0. The van der Waals surface area contributed by atoms with Gasteiger partial charge in [-0.15, -0.1) is 0 Å². The maximum Gasteiger partial charge on any atom is 0.393 e. The number of ether oxygens (including phenoxy) is 1. The molecule has 1 aliphatic heterocycles. The zero-order valence-corrected chi connectivity index (χ0v) is 16.0. The Morgan fingerprint density at radius 2 is 2.07 bits per heavy atom. The topological polar surface area (TPSA) is 80.5 Å². The van der Waals surface area contributed by atoms with Crippen molar-refractivity contribution in [1.29, 1.82) is 0 Å². The van der Waals surface area contributed by atoms with Gasteiger partial charge in [0.25, 0.3) is 0 Å². The van der Waals surface area contributed by atoms with Crippen molar-refractivity contribution in [2.75, 3.05) is 25.6 Å². The van der Waals surface area contributed by atoms with Gasteiger partial charge in [0.2, 0.25) is 5.91 Å². The number of rotatable bonds is 7. The van der Waals surface area contributed by atoms with Crippen molar-refractivity contribution in [1.82, 2.24) is 9.88 Å². The number of carbonyl (C=O) groups excluding carboxylic acids is 1. The number of carbonyl (C=O) groups is 1. The number of pyridine rings is 1. The average Bonchev–Trinajstić information content (AvgIpc) is 2.64. The van der Waals surface area contributed by atoms with Crippen LogP contribution in [0, 0.1) is 0 Å². The van der Waals surface area contributed by atoms with Crippen molar-refractivity contribution in [2.45, 2.75) is 31.6 Å². The van der Waals surface area contributed by atoms with Gasteiger partial charge in [-0.3, -0.25) is 14.7 Å². The number of amides is 1. The SMILES string of the molecule is COCC(C(N)=O)N1CCc2ccc(Nc3cncc(CC(F)(F)F)c3)cc2C1. The monoisotopic (exact) mass is 408 g/mol. The summed E-state index contributed by atoms with van der Waals surface area (Å²) in [6.07, 6.45) is -1.85. The molecular weight excluding hydrogens is 385 g/mol. The molecule has 3 N–H and O–H groups in total. The number of anilines is 2. The Morgan fingerprint density at radius 1 is 1.28 bits per heavy atom. The highest BCUT2D eigenvalue weighted by Gasteiger charge is 2.28. The summed E-state index contributed by atoms with van der Waals surface area (Å²) in [5.41, 5.74) is 9.01. The first-order valence-corrected chi connectivity index (χ1v) is 9.17. The Hall–Kier alpha value is -2.65. The Kier molecular flexibility index (Phi) is 6.39. The van der Waals surface area contributed by atoms with Gasteiger partial charge in [-0.1, -0.05) is 6.07 Å². The lowest BCUT2D eigenvalue weighted by atomic mass is 9.97. The molecule has 9 heteroatoms. The lowest BCUT2D eigenvalue weighted by Gasteiger charge is -2.33. The second-order valence-electron chi connectivity index (χ2n) is 7.08. The van der Waals surface area contributed by atoms with Crippen LogP contribution in [0.25, 0.3) is 0 Å². The third-order valence-electron chi connectivity index (χ3n) is 4.83. The van der Waals surface area contributed by atoms with Gasteiger partial charge in [-0.25, -0.2) is 0 Å². The summed E-state index contributed by atoms with van der Waals surface area (Å²) in [6.45, 7) is 1.45. The summed E-state index contributed by atoms with van der Waals surface area (Å²) in [5, 5.41) is 3.11. The van der Waals surface area contributed by atoms with Crippen LogP contribution in [0.1, 0.15) is 16.7 Å². The number of hydrogen-bond acceptors (Lipinski definition) is 5. The molecule has 1 aliphatic rings. The van der Waals surface area contributed by atoms with Crippen LogP contribution in [0.2, 0.25) is 0 Å². The third kappa shape index (κ3) is 5.68. The smallest absolute Gasteiger partial charge is 0.383 e. The molecule has 2 aromatic rings. The number of primary amides is 1. The first-order chi connectivity index (χ1) is 13.7. The summed E-state index contributed by atoms with van der Waals surface area (Å²) in [6, 6.07) is 6.73. The molecule has 1 amide bonds. The predicted octanol–water partition coefficient (Wildman–Crippen LogP) is 2.79. The van der Waals surface area contributed by atoms with Crippen molar-refractivity contribution in [3.8, 4) is 0 Å². The first-order valence-electron chi connectivity index (χ1n) is 9.17. The van der Waals surface area contributed by atoms with E-state index in [1.807, 2.05) is 23.1 Å². The molecule has 1 aromatic heterocycles. The molecule has 3 rings (SSSR count). The largest absolute Gasteiger partial charge is 0.393 e. The van der Waals surface area contributed by atoms with Crippen molar-refractivity contribution in [3.63, 3.8) is 0 Å². The molecule has 156 valence electrons. The van der Waals surface area contributed by atoms with E-state index in [1.54, 1.807) is 0 Å². The Balaban J connectivity index is 1.75. The second-order valence-corrected chi connectivity index (χ2v) is 7.08. The van der Waals surface area contributed by atoms with E-state index >= 15 is 0 Å². The molecule has 0 aliphatic carbocycles. The van der Waals surface area contributed by atoms with Gasteiger partial charge in [0.1, 0.15) is 6.04 Å². The molecule has 0 saturated heterocycles. The standard InChI is InChI=1S/C20H23F3N4O2/c1-29-12-18(19(24)28)27-5-4-14-2-3-16(7-15(14)11-27)26-17-6-13(9-25-10-17)8-20(21,22)23/h2-3,6-7,9-10,18,26H,4-5,8,11-12H2,1H3,(H2,24,28). The minimum Gasteiger partial charge on any atom is -0.383 e. The van der Waals surface area contributed by atoms with Crippen molar-refractivity contribution >= 4 is 17.3 Å². The number of methoxy groups -OCH3 is 1. The van der Waals surface area contributed by atoms with Gasteiger partial charge in [0, 0.05) is 32.1 Å². The van der Waals surface area contributed by atoms with Gasteiger partial charge in [-0.05, 0) is 41.3 Å². The number of nitrogens with two attached hydrogens (primary N) is 1. The maximum absolute atomic E-state index is 12.6. The molecule has 1 atom stereocenters. The average molecular weight is 408 g/mol. The molecule has 0 radical (unpaired) electrons. The van der Waals surface area contributed by atoms with Crippen LogP contribution >= 0.6 is 0 Å². The van der Waals surface area contributed by atoms with Crippen LogP contribution < -0.4 is 11.1 Å². The molecule has 29 heavy (non-hydrogen) atoms. The third-order valence-corrected chi connectivity index (χ3v) is 4.83. The Bertz CT molecular complexity index is 873. The van der Waals surface area contributed by atoms with E-state index < -0.39 is 24.5 Å². The maximum atomic E-state index is 12.6. The minimum atomic E-state index is -4.28. The number of nitrogens with zero attached hydrogens (tertiary/aromatic N) is 2. The number of nitrogens with one attached hydrogen (secondary N) is 1. The van der Waals surface area contributed by atoms with Gasteiger partial charge in [0.05, 0.1) is 24.9 Å². The Morgan fingerprint density at radius 3 is 2.76 bits per heavy atom. The first kappa shape index (κ1) is 21.1. The summed E-state index contributed by atoms with van der Waals surface area (Å²) >= 11 is 0. The molecule has 1 aromatic carbocycles. The van der Waals surface area contributed by atoms with E-state index in [-0.39, 0.29) is 12.2 Å². The fraction of sp³-hybridized carbons (Fsp3) is 0.400. The van der Waals surface area contributed by atoms with E-state index in [0.29, 0.717) is 18.8 Å². The minimum absolute atomic E-state index is 0.0931. The summed E-state index contributed by atoms with van der Waals surface area (Å²) in [7, 11) is 1.52. The van der Waals surface area contributed by atoms with Crippen LogP contribution in [0.15, 0.2) is 36.7 Å². The lowest BCUT2D eigenvalue weighted by Crippen LogP contribution is -2.49. The van der Waals surface area contributed by atoms with Gasteiger partial charge < -0.3 is 15.8 Å². The van der Waals surface area contributed by atoms with Crippen LogP contribution in [-0.2, 0) is 28.9 Å². The van der Waals surface area contributed by atoms with E-state index in [9.17, 15) is 18.0 Å². The number of aromatic nitrogens is 1. The highest BCUT2D eigenvalue weighted by molar-refractivity contribution is 5.80. The molecule has 1 unspecified atom stereocenters. The number of benzene rings is 1. The van der Waals surface area contributed by atoms with E-state index in [4.69, 9.17) is 10.5 Å². The van der Waals surface area contributed by atoms with Crippen LogP contribution in [0.4, 0.5) is 24.5 Å². The van der Waals surface area contributed by atoms with Crippen LogP contribution in [0.3, 0.4) is 0 Å². The number of hydrogen-bond donors (Lipinski definition) is 2. The summed E-state index contributed by atoms with van der Waals surface area (Å²) < 4.78 is 42.9. The molecule has 2 heterocycles. The fourth-order valence-electron chi connectivity index (χ4n) is 3.50. The fourth-order valence-corrected chi connectivity index (χ4v) is 3.50. The molecular formula is C20H23F3N4O2. The van der Waals surface area contributed by atoms with Gasteiger partial charge in [-0.2, -0.15) is 13.2 Å². The van der Waals surface area contributed by atoms with Crippen molar-refractivity contribution in [2.24, 2.45) is 5.73 Å². The Labute approximate surface area is 166 Å². The zero-order valence-electron chi connectivity index (χ0n) is 16.0. The lowest BCUT2D eigenvalue weighted by molar-refractivity contribution is -0.127. The number of alkyl halides is 3. The number of fused-ring (bicyclic) bond motifs is 1. The molecule has 0 bridgehead atoms. The summed E-state index contributed by atoms with van der Waals surface area (Å²) in [5.74, 6) is -0.433. The van der Waals surface area contributed by atoms with Crippen molar-refractivity contribution < 1.29 is 22.7 Å². The molecule has 6 nitrogen and oxygen atoms in total. The highest BCUT2D eigenvalue weighted by atomic mass is 19.4. The second kappa shape index (κ2) is 8.79. The highest BCUT2D eigenvalue weighted by Crippen LogP contribution is 2.27. The van der Waals surface area contributed by atoms with Crippen LogP contribution in [0.5, 0.6) is 0 Å². The summed E-state index contributed by atoms with van der Waals surface area (Å²) in [4.78, 5) is 17.6. The van der Waals surface area contributed by atoms with Crippen molar-refractivity contribution in [3.05, 3.63) is 53.3 Å². The number of halogens is 3. The van der Waals surface area contributed by atoms with E-state index in [0.717, 1.165) is 23.2 Å².